The SMILES string of the molecule is O=C(Nc1cnn(-c2ccccc2Cl)c1)C1CC(F)(CO)C1. The van der Waals surface area contributed by atoms with Crippen LogP contribution in [0.25, 0.3) is 5.69 Å². The number of benzene rings is 1. The molecule has 22 heavy (non-hydrogen) atoms. The largest absolute Gasteiger partial charge is 0.393 e. The minimum Gasteiger partial charge on any atom is -0.393 e. The number of alkyl halides is 1. The number of aliphatic hydroxyl groups is 1. The highest BCUT2D eigenvalue weighted by Gasteiger charge is 2.47. The fourth-order valence-electron chi connectivity index (χ4n) is 2.54. The van der Waals surface area contributed by atoms with Gasteiger partial charge in [0.25, 0.3) is 0 Å². The summed E-state index contributed by atoms with van der Waals surface area (Å²) in [5, 5.41) is 16.3. The van der Waals surface area contributed by atoms with Crippen LogP contribution in [0.2, 0.25) is 5.02 Å². The highest BCUT2D eigenvalue weighted by Crippen LogP contribution is 2.41. The topological polar surface area (TPSA) is 67.2 Å². The lowest BCUT2D eigenvalue weighted by atomic mass is 9.72. The maximum atomic E-state index is 13.6. The summed E-state index contributed by atoms with van der Waals surface area (Å²) in [5.41, 5.74) is -0.384. The third-order valence-corrected chi connectivity index (χ3v) is 4.15. The van der Waals surface area contributed by atoms with Gasteiger partial charge >= 0.3 is 0 Å². The number of para-hydroxylation sites is 1. The molecule has 5 nitrogen and oxygen atoms in total. The molecule has 1 saturated carbocycles. The van der Waals surface area contributed by atoms with E-state index in [-0.39, 0.29) is 18.7 Å². The minimum atomic E-state index is -1.61. The van der Waals surface area contributed by atoms with Crippen LogP contribution in [-0.4, -0.2) is 33.1 Å². The lowest BCUT2D eigenvalue weighted by molar-refractivity contribution is -0.131. The molecule has 0 unspecified atom stereocenters. The van der Waals surface area contributed by atoms with Crippen LogP contribution >= 0.6 is 11.6 Å². The summed E-state index contributed by atoms with van der Waals surface area (Å²) < 4.78 is 15.2. The van der Waals surface area contributed by atoms with Crippen molar-refractivity contribution in [1.82, 2.24) is 9.78 Å². The first-order chi connectivity index (χ1) is 10.5. The summed E-state index contributed by atoms with van der Waals surface area (Å²) >= 11 is 6.09. The Morgan fingerprint density at radius 2 is 2.23 bits per heavy atom. The first kappa shape index (κ1) is 15.0. The van der Waals surface area contributed by atoms with Crippen molar-refractivity contribution in [2.24, 2.45) is 5.92 Å². The molecule has 0 atom stereocenters. The highest BCUT2D eigenvalue weighted by molar-refractivity contribution is 6.32. The standard InChI is InChI=1S/C15H15ClFN3O2/c16-12-3-1-2-4-13(12)20-8-11(7-18-20)19-14(22)10-5-15(17,6-10)9-21/h1-4,7-8,10,21H,5-6,9H2,(H,19,22). The van der Waals surface area contributed by atoms with Crippen LogP contribution in [0.3, 0.4) is 0 Å². The van der Waals surface area contributed by atoms with Crippen molar-refractivity contribution < 1.29 is 14.3 Å². The van der Waals surface area contributed by atoms with E-state index in [0.29, 0.717) is 16.4 Å². The summed E-state index contributed by atoms with van der Waals surface area (Å²) in [7, 11) is 0. The van der Waals surface area contributed by atoms with Gasteiger partial charge in [-0.3, -0.25) is 4.79 Å². The second-order valence-corrected chi connectivity index (χ2v) is 5.94. The molecule has 3 rings (SSSR count). The van der Waals surface area contributed by atoms with Crippen LogP contribution in [0.5, 0.6) is 0 Å². The van der Waals surface area contributed by atoms with E-state index < -0.39 is 18.2 Å². The average molecular weight is 324 g/mol. The van der Waals surface area contributed by atoms with E-state index in [0.717, 1.165) is 0 Å². The van der Waals surface area contributed by atoms with Gasteiger partial charge in [-0.2, -0.15) is 5.10 Å². The summed E-state index contributed by atoms with van der Waals surface area (Å²) in [6.45, 7) is -0.540. The second-order valence-electron chi connectivity index (χ2n) is 5.53. The zero-order chi connectivity index (χ0) is 15.7. The lowest BCUT2D eigenvalue weighted by Crippen LogP contribution is -2.47. The van der Waals surface area contributed by atoms with E-state index in [1.807, 2.05) is 18.2 Å². The van der Waals surface area contributed by atoms with Crippen molar-refractivity contribution in [1.29, 1.82) is 0 Å². The van der Waals surface area contributed by atoms with Crippen molar-refractivity contribution in [3.63, 3.8) is 0 Å². The third-order valence-electron chi connectivity index (χ3n) is 3.83. The van der Waals surface area contributed by atoms with Crippen molar-refractivity contribution >= 4 is 23.2 Å². The maximum absolute atomic E-state index is 13.6. The van der Waals surface area contributed by atoms with Crippen LogP contribution in [0, 0.1) is 5.92 Å². The zero-order valence-corrected chi connectivity index (χ0v) is 12.4. The van der Waals surface area contributed by atoms with E-state index in [2.05, 4.69) is 10.4 Å². The molecule has 1 fully saturated rings. The van der Waals surface area contributed by atoms with Crippen LogP contribution in [-0.2, 0) is 4.79 Å². The number of nitrogens with one attached hydrogen (secondary N) is 1. The molecule has 2 aromatic rings. The predicted octanol–water partition coefficient (Wildman–Crippen LogP) is 2.57. The molecule has 0 aliphatic heterocycles. The van der Waals surface area contributed by atoms with Gasteiger partial charge in [0, 0.05) is 5.92 Å². The summed E-state index contributed by atoms with van der Waals surface area (Å²) in [6, 6.07) is 7.22. The molecule has 1 aliphatic rings. The number of halogens is 2. The van der Waals surface area contributed by atoms with Gasteiger partial charge in [-0.25, -0.2) is 9.07 Å². The van der Waals surface area contributed by atoms with Gasteiger partial charge in [0.2, 0.25) is 5.91 Å². The van der Waals surface area contributed by atoms with E-state index in [1.165, 1.54) is 6.20 Å². The fourth-order valence-corrected chi connectivity index (χ4v) is 2.76. The van der Waals surface area contributed by atoms with E-state index >= 15 is 0 Å². The van der Waals surface area contributed by atoms with Gasteiger partial charge in [0.05, 0.1) is 35.4 Å². The summed E-state index contributed by atoms with van der Waals surface area (Å²) in [4.78, 5) is 12.0. The van der Waals surface area contributed by atoms with Crippen molar-refractivity contribution in [3.05, 3.63) is 41.7 Å². The first-order valence-corrected chi connectivity index (χ1v) is 7.29. The van der Waals surface area contributed by atoms with Gasteiger partial charge in [0.15, 0.2) is 0 Å². The number of nitrogens with zero attached hydrogens (tertiary/aromatic N) is 2. The summed E-state index contributed by atoms with van der Waals surface area (Å²) in [5.74, 6) is -0.679. The molecule has 1 aliphatic carbocycles. The number of amides is 1. The average Bonchev–Trinajstić information content (AvgIpc) is 2.92. The normalized spacial score (nSPS) is 23.9. The fraction of sp³-hybridized carbons (Fsp3) is 0.333. The molecule has 1 heterocycles. The molecule has 116 valence electrons. The second kappa shape index (κ2) is 5.70. The number of carbonyl (C=O) groups excluding carboxylic acids is 1. The van der Waals surface area contributed by atoms with Crippen molar-refractivity contribution in [3.8, 4) is 5.69 Å². The third kappa shape index (κ3) is 2.84. The predicted molar refractivity (Wildman–Crippen MR) is 80.9 cm³/mol. The first-order valence-electron chi connectivity index (χ1n) is 6.91. The van der Waals surface area contributed by atoms with Crippen LogP contribution in [0.1, 0.15) is 12.8 Å². The number of hydrogen-bond donors (Lipinski definition) is 2. The Labute approximate surface area is 131 Å². The molecule has 7 heteroatoms. The van der Waals surface area contributed by atoms with Gasteiger partial charge < -0.3 is 10.4 Å². The van der Waals surface area contributed by atoms with Gasteiger partial charge in [-0.15, -0.1) is 0 Å². The lowest BCUT2D eigenvalue weighted by Gasteiger charge is -2.38. The van der Waals surface area contributed by atoms with Crippen LogP contribution < -0.4 is 5.32 Å². The number of hydrogen-bond acceptors (Lipinski definition) is 3. The van der Waals surface area contributed by atoms with Gasteiger partial charge in [0.1, 0.15) is 5.67 Å². The smallest absolute Gasteiger partial charge is 0.227 e. The van der Waals surface area contributed by atoms with Crippen molar-refractivity contribution in [2.75, 3.05) is 11.9 Å². The quantitative estimate of drug-likeness (QED) is 0.908. The Hall–Kier alpha value is -1.92. The van der Waals surface area contributed by atoms with Crippen LogP contribution in [0.4, 0.5) is 10.1 Å². The van der Waals surface area contributed by atoms with E-state index in [9.17, 15) is 9.18 Å². The number of anilines is 1. The molecular weight excluding hydrogens is 309 g/mol. The number of aromatic nitrogens is 2. The minimum absolute atomic E-state index is 0.0496. The molecule has 0 saturated heterocycles. The Bertz CT molecular complexity index is 698. The number of aliphatic hydroxyl groups excluding tert-OH is 1. The van der Waals surface area contributed by atoms with Crippen molar-refractivity contribution in [2.45, 2.75) is 18.5 Å². The molecule has 0 spiro atoms. The molecule has 1 aromatic carbocycles. The van der Waals surface area contributed by atoms with E-state index in [4.69, 9.17) is 16.7 Å². The summed E-state index contributed by atoms with van der Waals surface area (Å²) in [6.07, 6.45) is 3.25. The molecule has 1 amide bonds. The van der Waals surface area contributed by atoms with E-state index in [1.54, 1.807) is 16.9 Å². The Morgan fingerprint density at radius 1 is 1.50 bits per heavy atom. The number of rotatable bonds is 4. The molecular formula is C15H15ClFN3O2. The number of carbonyl (C=O) groups is 1. The zero-order valence-electron chi connectivity index (χ0n) is 11.7. The maximum Gasteiger partial charge on any atom is 0.227 e. The monoisotopic (exact) mass is 323 g/mol. The van der Waals surface area contributed by atoms with Crippen LogP contribution in [0.15, 0.2) is 36.7 Å². The van der Waals surface area contributed by atoms with Gasteiger partial charge in [-0.1, -0.05) is 23.7 Å². The van der Waals surface area contributed by atoms with Gasteiger partial charge in [-0.05, 0) is 25.0 Å². The Balaban J connectivity index is 1.66. The molecule has 0 bridgehead atoms. The molecule has 1 aromatic heterocycles. The molecule has 2 N–H and O–H groups in total. The highest BCUT2D eigenvalue weighted by atomic mass is 35.5. The Kier molecular flexibility index (Phi) is 3.88. The Morgan fingerprint density at radius 3 is 2.91 bits per heavy atom. The molecule has 0 radical (unpaired) electrons.